The number of hydrogen-bond donors (Lipinski definition) is 0. The molecule has 0 aliphatic carbocycles. The van der Waals surface area contributed by atoms with Crippen LogP contribution < -0.4 is 4.90 Å². The fourth-order valence-electron chi connectivity index (χ4n) is 10.1. The molecule has 2 aromatic heterocycles. The molecule has 0 amide bonds. The number of nitrogens with zero attached hydrogens (tertiary/aromatic N) is 2. The molecule has 0 aliphatic heterocycles. The van der Waals surface area contributed by atoms with Crippen LogP contribution in [0.4, 0.5) is 17.1 Å². The smallest absolute Gasteiger partial charge is 0.143 e. The molecule has 63 heavy (non-hydrogen) atoms. The van der Waals surface area contributed by atoms with Crippen LogP contribution in [0.5, 0.6) is 0 Å². The van der Waals surface area contributed by atoms with Crippen molar-refractivity contribution in [3.8, 4) is 27.9 Å². The first-order chi connectivity index (χ1) is 31.3. The lowest BCUT2D eigenvalue weighted by molar-refractivity contribution is 0.670. The van der Waals surface area contributed by atoms with Crippen LogP contribution in [-0.2, 0) is 0 Å². The molecule has 0 N–H and O–H groups in total. The molecule has 3 heteroatoms. The molecule has 0 fully saturated rings. The second kappa shape index (κ2) is 14.1. The van der Waals surface area contributed by atoms with E-state index in [2.05, 4.69) is 228 Å². The molecule has 0 spiro atoms. The molecule has 294 valence electrons. The van der Waals surface area contributed by atoms with Crippen LogP contribution in [0.1, 0.15) is 0 Å². The highest BCUT2D eigenvalue weighted by molar-refractivity contribution is 6.15. The van der Waals surface area contributed by atoms with Gasteiger partial charge in [0, 0.05) is 54.8 Å². The molecule has 0 radical (unpaired) electrons. The molecule has 13 rings (SSSR count). The van der Waals surface area contributed by atoms with Crippen molar-refractivity contribution in [2.75, 3.05) is 4.90 Å². The lowest BCUT2D eigenvalue weighted by Crippen LogP contribution is -2.10. The largest absolute Gasteiger partial charge is 0.455 e. The third kappa shape index (κ3) is 5.53. The van der Waals surface area contributed by atoms with Crippen molar-refractivity contribution < 1.29 is 4.42 Å². The molecule has 0 unspecified atom stereocenters. The maximum Gasteiger partial charge on any atom is 0.143 e. The SMILES string of the molecule is c1ccc2c(-n3c4ccccc4c4ccccc43)c(-c3ccc(N(c4ccc(-c5cccc6c5oc5ccccc56)cc4)c4cc5ccccc5c5ccccc45)cc3)ccc2c1. The van der Waals surface area contributed by atoms with Crippen LogP contribution in [0.15, 0.2) is 235 Å². The summed E-state index contributed by atoms with van der Waals surface area (Å²) >= 11 is 0. The number of aromatic nitrogens is 1. The molecule has 11 aromatic carbocycles. The minimum absolute atomic E-state index is 0.903. The molecular formula is C60H38N2O. The second-order valence-electron chi connectivity index (χ2n) is 16.4. The van der Waals surface area contributed by atoms with E-state index in [1.54, 1.807) is 0 Å². The van der Waals surface area contributed by atoms with E-state index in [-0.39, 0.29) is 0 Å². The molecular weight excluding hydrogens is 765 g/mol. The van der Waals surface area contributed by atoms with E-state index in [1.807, 2.05) is 12.1 Å². The normalized spacial score (nSPS) is 11.8. The number of fused-ring (bicyclic) bond motifs is 10. The zero-order valence-electron chi connectivity index (χ0n) is 34.2. The average Bonchev–Trinajstić information content (AvgIpc) is 3.90. The molecule has 0 bridgehead atoms. The van der Waals surface area contributed by atoms with Gasteiger partial charge in [-0.05, 0) is 81.2 Å². The summed E-state index contributed by atoms with van der Waals surface area (Å²) in [6.45, 7) is 0. The van der Waals surface area contributed by atoms with E-state index >= 15 is 0 Å². The summed E-state index contributed by atoms with van der Waals surface area (Å²) in [6.07, 6.45) is 0. The van der Waals surface area contributed by atoms with Crippen LogP contribution in [0.2, 0.25) is 0 Å². The molecule has 3 nitrogen and oxygen atoms in total. The highest BCUT2D eigenvalue weighted by Gasteiger charge is 2.21. The van der Waals surface area contributed by atoms with Crippen LogP contribution in [0, 0.1) is 0 Å². The number of hydrogen-bond acceptors (Lipinski definition) is 2. The van der Waals surface area contributed by atoms with Crippen molar-refractivity contribution in [1.29, 1.82) is 0 Å². The van der Waals surface area contributed by atoms with Crippen molar-refractivity contribution in [2.45, 2.75) is 0 Å². The van der Waals surface area contributed by atoms with Crippen molar-refractivity contribution in [1.82, 2.24) is 4.57 Å². The van der Waals surface area contributed by atoms with E-state index in [0.29, 0.717) is 0 Å². The Morgan fingerprint density at radius 2 is 0.857 bits per heavy atom. The predicted molar refractivity (Wildman–Crippen MR) is 266 cm³/mol. The third-order valence-corrected chi connectivity index (χ3v) is 13.0. The Morgan fingerprint density at radius 3 is 1.56 bits per heavy atom. The fraction of sp³-hybridized carbons (Fsp3) is 0. The van der Waals surface area contributed by atoms with Gasteiger partial charge in [-0.3, -0.25) is 0 Å². The van der Waals surface area contributed by atoms with E-state index in [1.165, 1.54) is 65.4 Å². The van der Waals surface area contributed by atoms with Gasteiger partial charge in [0.05, 0.1) is 22.4 Å². The quantitative estimate of drug-likeness (QED) is 0.156. The number of furan rings is 1. The molecule has 0 atom stereocenters. The minimum atomic E-state index is 0.903. The summed E-state index contributed by atoms with van der Waals surface area (Å²) in [5, 5.41) is 12.1. The molecule has 13 aromatic rings. The van der Waals surface area contributed by atoms with E-state index in [9.17, 15) is 0 Å². The highest BCUT2D eigenvalue weighted by Crippen LogP contribution is 2.45. The standard InChI is InChI=1S/C60H38N2O/c1-4-17-46-39(14-1)32-37-47(59(46)62-55-25-10-7-20-51(55)52-21-8-11-26-56(52)62)40-28-33-43(34-29-40)61(57-38-42-15-2-3-16-45(42)49-18-5-6-19-50(49)57)44-35-30-41(31-36-44)48-23-13-24-54-53-22-9-12-27-58(53)63-60(48)54/h1-38H. The Labute approximate surface area is 363 Å². The number of benzene rings is 11. The molecule has 2 heterocycles. The molecule has 0 saturated heterocycles. The summed E-state index contributed by atoms with van der Waals surface area (Å²) in [5.41, 5.74) is 13.2. The second-order valence-corrected chi connectivity index (χ2v) is 16.4. The van der Waals surface area contributed by atoms with Gasteiger partial charge in [-0.2, -0.15) is 0 Å². The lowest BCUT2D eigenvalue weighted by Gasteiger charge is -2.28. The summed E-state index contributed by atoms with van der Waals surface area (Å²) < 4.78 is 8.95. The summed E-state index contributed by atoms with van der Waals surface area (Å²) in [4.78, 5) is 2.42. The molecule has 0 aliphatic rings. The van der Waals surface area contributed by atoms with Gasteiger partial charge < -0.3 is 13.9 Å². The first-order valence-corrected chi connectivity index (χ1v) is 21.6. The summed E-state index contributed by atoms with van der Waals surface area (Å²) in [7, 11) is 0. The number of anilines is 3. The van der Waals surface area contributed by atoms with Crippen molar-refractivity contribution in [3.05, 3.63) is 231 Å². The number of rotatable bonds is 6. The summed E-state index contributed by atoms with van der Waals surface area (Å²) in [6, 6.07) is 83.6. The summed E-state index contributed by atoms with van der Waals surface area (Å²) in [5.74, 6) is 0. The fourth-order valence-corrected chi connectivity index (χ4v) is 10.1. The van der Waals surface area contributed by atoms with Crippen molar-refractivity contribution >= 4 is 93.1 Å². The van der Waals surface area contributed by atoms with Gasteiger partial charge in [0.1, 0.15) is 11.2 Å². The maximum absolute atomic E-state index is 6.48. The highest BCUT2D eigenvalue weighted by atomic mass is 16.3. The Kier molecular flexibility index (Phi) is 7.91. The maximum atomic E-state index is 6.48. The lowest BCUT2D eigenvalue weighted by atomic mass is 9.96. The Hall–Kier alpha value is -8.40. The first-order valence-electron chi connectivity index (χ1n) is 21.6. The van der Waals surface area contributed by atoms with Gasteiger partial charge in [0.25, 0.3) is 0 Å². The monoisotopic (exact) mass is 802 g/mol. The van der Waals surface area contributed by atoms with Gasteiger partial charge in [0.2, 0.25) is 0 Å². The van der Waals surface area contributed by atoms with Crippen LogP contribution in [0.25, 0.3) is 104 Å². The van der Waals surface area contributed by atoms with Gasteiger partial charge in [-0.25, -0.2) is 0 Å². The van der Waals surface area contributed by atoms with Gasteiger partial charge >= 0.3 is 0 Å². The van der Waals surface area contributed by atoms with Crippen LogP contribution in [0.3, 0.4) is 0 Å². The number of para-hydroxylation sites is 4. The Balaban J connectivity index is 0.996. The van der Waals surface area contributed by atoms with E-state index in [4.69, 9.17) is 4.42 Å². The zero-order chi connectivity index (χ0) is 41.4. The van der Waals surface area contributed by atoms with Gasteiger partial charge in [0.15, 0.2) is 0 Å². The van der Waals surface area contributed by atoms with Gasteiger partial charge in [-0.15, -0.1) is 0 Å². The predicted octanol–water partition coefficient (Wildman–Crippen LogP) is 16.9. The molecule has 0 saturated carbocycles. The Bertz CT molecular complexity index is 3860. The zero-order valence-corrected chi connectivity index (χ0v) is 34.2. The van der Waals surface area contributed by atoms with Gasteiger partial charge in [-0.1, -0.05) is 182 Å². The average molecular weight is 803 g/mol. The van der Waals surface area contributed by atoms with E-state index < -0.39 is 0 Å². The van der Waals surface area contributed by atoms with Crippen LogP contribution >= 0.6 is 0 Å². The first kappa shape index (κ1) is 35.4. The third-order valence-electron chi connectivity index (χ3n) is 13.0. The Morgan fingerprint density at radius 1 is 0.333 bits per heavy atom. The van der Waals surface area contributed by atoms with Crippen molar-refractivity contribution in [2.24, 2.45) is 0 Å². The minimum Gasteiger partial charge on any atom is -0.455 e. The topological polar surface area (TPSA) is 21.3 Å². The van der Waals surface area contributed by atoms with E-state index in [0.717, 1.165) is 55.7 Å². The van der Waals surface area contributed by atoms with Crippen molar-refractivity contribution in [3.63, 3.8) is 0 Å². The van der Waals surface area contributed by atoms with Crippen LogP contribution in [-0.4, -0.2) is 4.57 Å².